The maximum absolute atomic E-state index is 12.6. The van der Waals surface area contributed by atoms with Crippen LogP contribution in [0.2, 0.25) is 0 Å². The molecule has 1 atom stereocenters. The van der Waals surface area contributed by atoms with Gasteiger partial charge in [-0.3, -0.25) is 9.59 Å². The van der Waals surface area contributed by atoms with Crippen molar-refractivity contribution in [1.82, 2.24) is 4.90 Å². The average Bonchev–Trinajstić information content (AvgIpc) is 2.68. The highest BCUT2D eigenvalue weighted by Crippen LogP contribution is 2.20. The maximum Gasteiger partial charge on any atom is 0.227 e. The number of likely N-dealkylation sites (tertiary alicyclic amines) is 1. The Kier molecular flexibility index (Phi) is 5.99. The number of nitrogens with zero attached hydrogens (tertiary/aromatic N) is 1. The minimum Gasteiger partial charge on any atom is -0.342 e. The van der Waals surface area contributed by atoms with Gasteiger partial charge in [-0.15, -0.1) is 0 Å². The third-order valence-electron chi connectivity index (χ3n) is 4.93. The molecule has 0 saturated carbocycles. The van der Waals surface area contributed by atoms with Gasteiger partial charge in [0.05, 0.1) is 6.42 Å². The Bertz CT molecular complexity index is 696. The van der Waals surface area contributed by atoms with Crippen LogP contribution in [0.3, 0.4) is 0 Å². The SMILES string of the molecule is O=C(CCc1ccccc1)[C@@H]1CCCN(C(=O)Cc2ccccc2)C1. The Morgan fingerprint density at radius 2 is 1.56 bits per heavy atom. The molecule has 0 N–H and O–H groups in total. The molecule has 0 aliphatic carbocycles. The Labute approximate surface area is 149 Å². The van der Waals surface area contributed by atoms with Gasteiger partial charge in [0.25, 0.3) is 0 Å². The highest BCUT2D eigenvalue weighted by Gasteiger charge is 2.27. The summed E-state index contributed by atoms with van der Waals surface area (Å²) < 4.78 is 0. The summed E-state index contributed by atoms with van der Waals surface area (Å²) in [4.78, 5) is 27.0. The Hall–Kier alpha value is -2.42. The van der Waals surface area contributed by atoms with Gasteiger partial charge in [-0.25, -0.2) is 0 Å². The smallest absolute Gasteiger partial charge is 0.227 e. The number of rotatable bonds is 6. The van der Waals surface area contributed by atoms with Crippen molar-refractivity contribution in [1.29, 1.82) is 0 Å². The van der Waals surface area contributed by atoms with Crippen LogP contribution in [0.15, 0.2) is 60.7 Å². The zero-order valence-corrected chi connectivity index (χ0v) is 14.6. The summed E-state index contributed by atoms with van der Waals surface area (Å²) in [5.74, 6) is 0.421. The van der Waals surface area contributed by atoms with Gasteiger partial charge in [0, 0.05) is 25.4 Å². The first kappa shape index (κ1) is 17.4. The van der Waals surface area contributed by atoms with Crippen molar-refractivity contribution in [2.24, 2.45) is 5.92 Å². The van der Waals surface area contributed by atoms with Crippen LogP contribution in [0.1, 0.15) is 30.4 Å². The lowest BCUT2D eigenvalue weighted by Crippen LogP contribution is -2.43. The second-order valence-electron chi connectivity index (χ2n) is 6.79. The van der Waals surface area contributed by atoms with E-state index in [2.05, 4.69) is 12.1 Å². The summed E-state index contributed by atoms with van der Waals surface area (Å²) in [5.41, 5.74) is 2.23. The number of ketones is 1. The highest BCUT2D eigenvalue weighted by atomic mass is 16.2. The van der Waals surface area contributed by atoms with Crippen molar-refractivity contribution in [2.45, 2.75) is 32.1 Å². The van der Waals surface area contributed by atoms with E-state index >= 15 is 0 Å². The van der Waals surface area contributed by atoms with Crippen molar-refractivity contribution >= 4 is 11.7 Å². The fourth-order valence-corrected chi connectivity index (χ4v) is 3.47. The fraction of sp³-hybridized carbons (Fsp3) is 0.364. The molecule has 0 spiro atoms. The molecule has 0 aromatic heterocycles. The summed E-state index contributed by atoms with van der Waals surface area (Å²) in [7, 11) is 0. The van der Waals surface area contributed by atoms with Gasteiger partial charge in [0.15, 0.2) is 0 Å². The molecular formula is C22H25NO2. The first-order chi connectivity index (χ1) is 12.2. The largest absolute Gasteiger partial charge is 0.342 e. The number of carbonyl (C=O) groups excluding carboxylic acids is 2. The normalized spacial score (nSPS) is 17.3. The van der Waals surface area contributed by atoms with Gasteiger partial charge in [0.2, 0.25) is 5.91 Å². The van der Waals surface area contributed by atoms with Crippen LogP contribution in [-0.2, 0) is 22.4 Å². The lowest BCUT2D eigenvalue weighted by atomic mass is 9.90. The zero-order valence-electron chi connectivity index (χ0n) is 14.6. The zero-order chi connectivity index (χ0) is 17.5. The van der Waals surface area contributed by atoms with E-state index in [1.165, 1.54) is 5.56 Å². The minimum absolute atomic E-state index is 0.00261. The molecule has 2 aromatic carbocycles. The molecular weight excluding hydrogens is 310 g/mol. The number of piperidine rings is 1. The fourth-order valence-electron chi connectivity index (χ4n) is 3.47. The molecule has 3 rings (SSSR count). The monoisotopic (exact) mass is 335 g/mol. The number of hydrogen-bond donors (Lipinski definition) is 0. The Morgan fingerprint density at radius 3 is 2.24 bits per heavy atom. The van der Waals surface area contributed by atoms with Gasteiger partial charge < -0.3 is 4.90 Å². The van der Waals surface area contributed by atoms with Crippen LogP contribution < -0.4 is 0 Å². The van der Waals surface area contributed by atoms with Gasteiger partial charge >= 0.3 is 0 Å². The van der Waals surface area contributed by atoms with Gasteiger partial charge in [-0.05, 0) is 30.4 Å². The number of hydrogen-bond acceptors (Lipinski definition) is 2. The summed E-state index contributed by atoms with van der Waals surface area (Å²) in [6, 6.07) is 19.9. The van der Waals surface area contributed by atoms with E-state index in [4.69, 9.17) is 0 Å². The van der Waals surface area contributed by atoms with Crippen LogP contribution in [0.4, 0.5) is 0 Å². The maximum atomic E-state index is 12.6. The summed E-state index contributed by atoms with van der Waals surface area (Å²) in [6.45, 7) is 1.35. The van der Waals surface area contributed by atoms with Crippen molar-refractivity contribution < 1.29 is 9.59 Å². The number of aryl methyl sites for hydroxylation is 1. The van der Waals surface area contributed by atoms with Crippen LogP contribution >= 0.6 is 0 Å². The average molecular weight is 335 g/mol. The lowest BCUT2D eigenvalue weighted by Gasteiger charge is -2.32. The minimum atomic E-state index is -0.00261. The molecule has 3 heteroatoms. The third-order valence-corrected chi connectivity index (χ3v) is 4.93. The van der Waals surface area contributed by atoms with Gasteiger partial charge in [-0.1, -0.05) is 60.7 Å². The predicted octanol–water partition coefficient (Wildman–Crippen LogP) is 3.67. The molecule has 1 aliphatic rings. The lowest BCUT2D eigenvalue weighted by molar-refractivity contribution is -0.134. The van der Waals surface area contributed by atoms with Crippen molar-refractivity contribution in [3.8, 4) is 0 Å². The quantitative estimate of drug-likeness (QED) is 0.808. The molecule has 0 bridgehead atoms. The first-order valence-electron chi connectivity index (χ1n) is 9.11. The molecule has 1 aliphatic heterocycles. The van der Waals surface area contributed by atoms with E-state index in [9.17, 15) is 9.59 Å². The Morgan fingerprint density at radius 1 is 0.920 bits per heavy atom. The first-order valence-corrected chi connectivity index (χ1v) is 9.11. The van der Waals surface area contributed by atoms with E-state index in [0.717, 1.165) is 31.4 Å². The number of carbonyl (C=O) groups is 2. The van der Waals surface area contributed by atoms with E-state index in [0.29, 0.717) is 25.2 Å². The standard InChI is InChI=1S/C22H25NO2/c24-21(14-13-18-8-3-1-4-9-18)20-12-7-15-23(17-20)22(25)16-19-10-5-2-6-11-19/h1-6,8-11,20H,7,12-17H2/t20-/m1/s1. The number of Topliss-reactive ketones (excluding diaryl/α,β-unsaturated/α-hetero) is 1. The molecule has 0 radical (unpaired) electrons. The molecule has 1 amide bonds. The molecule has 25 heavy (non-hydrogen) atoms. The molecule has 130 valence electrons. The van der Waals surface area contributed by atoms with Crippen molar-refractivity contribution in [2.75, 3.05) is 13.1 Å². The van der Waals surface area contributed by atoms with E-state index in [1.807, 2.05) is 53.4 Å². The number of amides is 1. The molecule has 2 aromatic rings. The van der Waals surface area contributed by atoms with Crippen molar-refractivity contribution in [3.63, 3.8) is 0 Å². The summed E-state index contributed by atoms with van der Waals surface area (Å²) >= 11 is 0. The van der Waals surface area contributed by atoms with E-state index in [1.54, 1.807) is 0 Å². The number of benzene rings is 2. The Balaban J connectivity index is 1.51. The molecule has 0 unspecified atom stereocenters. The second-order valence-corrected chi connectivity index (χ2v) is 6.79. The second kappa shape index (κ2) is 8.61. The molecule has 1 heterocycles. The predicted molar refractivity (Wildman–Crippen MR) is 99.2 cm³/mol. The van der Waals surface area contributed by atoms with Crippen molar-refractivity contribution in [3.05, 3.63) is 71.8 Å². The van der Waals surface area contributed by atoms with E-state index in [-0.39, 0.29) is 11.8 Å². The highest BCUT2D eigenvalue weighted by molar-refractivity contribution is 5.83. The summed E-state index contributed by atoms with van der Waals surface area (Å²) in [5, 5.41) is 0. The third kappa shape index (κ3) is 5.02. The van der Waals surface area contributed by atoms with Crippen LogP contribution in [0.25, 0.3) is 0 Å². The van der Waals surface area contributed by atoms with Crippen LogP contribution in [0, 0.1) is 5.92 Å². The van der Waals surface area contributed by atoms with E-state index < -0.39 is 0 Å². The molecule has 3 nitrogen and oxygen atoms in total. The van der Waals surface area contributed by atoms with Crippen LogP contribution in [0.5, 0.6) is 0 Å². The van der Waals surface area contributed by atoms with Gasteiger partial charge in [-0.2, -0.15) is 0 Å². The van der Waals surface area contributed by atoms with Gasteiger partial charge in [0.1, 0.15) is 5.78 Å². The van der Waals surface area contributed by atoms with Crippen LogP contribution in [-0.4, -0.2) is 29.7 Å². The molecule has 1 fully saturated rings. The topological polar surface area (TPSA) is 37.4 Å². The summed E-state index contributed by atoms with van der Waals surface area (Å²) in [6.07, 6.45) is 3.60. The molecule has 1 saturated heterocycles.